The third kappa shape index (κ3) is 3.48. The highest BCUT2D eigenvalue weighted by molar-refractivity contribution is 5.18. The lowest BCUT2D eigenvalue weighted by Gasteiger charge is -2.19. The highest BCUT2D eigenvalue weighted by Gasteiger charge is 2.07. The third-order valence-corrected chi connectivity index (χ3v) is 2.43. The van der Waals surface area contributed by atoms with Crippen molar-refractivity contribution in [3.05, 3.63) is 35.9 Å². The first kappa shape index (κ1) is 11.2. The van der Waals surface area contributed by atoms with E-state index in [1.807, 2.05) is 6.07 Å². The Balaban J connectivity index is 2.46. The van der Waals surface area contributed by atoms with Crippen molar-refractivity contribution < 1.29 is 0 Å². The van der Waals surface area contributed by atoms with E-state index >= 15 is 0 Å². The van der Waals surface area contributed by atoms with Crippen molar-refractivity contribution in [3.8, 4) is 0 Å². The molecule has 0 aliphatic carbocycles. The molecule has 0 aromatic heterocycles. The molecule has 2 atom stereocenters. The van der Waals surface area contributed by atoms with Crippen molar-refractivity contribution in [1.82, 2.24) is 5.32 Å². The lowest BCUT2D eigenvalue weighted by molar-refractivity contribution is 0.460. The molecule has 0 saturated carbocycles. The average Bonchev–Trinajstić information content (AvgIpc) is 2.19. The van der Waals surface area contributed by atoms with E-state index in [1.54, 1.807) is 0 Å². The molecule has 14 heavy (non-hydrogen) atoms. The summed E-state index contributed by atoms with van der Waals surface area (Å²) in [6.45, 7) is 5.10. The number of nitrogens with one attached hydrogen (secondary N) is 1. The molecule has 2 unspecified atom stereocenters. The molecule has 1 aromatic carbocycles. The first-order valence-electron chi connectivity index (χ1n) is 5.25. The van der Waals surface area contributed by atoms with Gasteiger partial charge >= 0.3 is 0 Å². The third-order valence-electron chi connectivity index (χ3n) is 2.43. The van der Waals surface area contributed by atoms with Crippen LogP contribution in [0.15, 0.2) is 30.3 Å². The van der Waals surface area contributed by atoms with Crippen molar-refractivity contribution in [2.75, 3.05) is 6.54 Å². The Morgan fingerprint density at radius 1 is 1.21 bits per heavy atom. The van der Waals surface area contributed by atoms with Crippen LogP contribution in [0.25, 0.3) is 0 Å². The summed E-state index contributed by atoms with van der Waals surface area (Å²) in [7, 11) is 0. The largest absolute Gasteiger partial charge is 0.330 e. The maximum Gasteiger partial charge on any atom is 0.0294 e. The van der Waals surface area contributed by atoms with Gasteiger partial charge in [-0.15, -0.1) is 0 Å². The summed E-state index contributed by atoms with van der Waals surface area (Å²) in [5, 5.41) is 3.52. The molecule has 0 radical (unpaired) electrons. The maximum absolute atomic E-state index is 5.50. The summed E-state index contributed by atoms with van der Waals surface area (Å²) in [5.74, 6) is 0. The Morgan fingerprint density at radius 2 is 1.86 bits per heavy atom. The fraction of sp³-hybridized carbons (Fsp3) is 0.500. The summed E-state index contributed by atoms with van der Waals surface area (Å²) in [6.07, 6.45) is 1.02. The second-order valence-corrected chi connectivity index (χ2v) is 3.78. The predicted molar refractivity (Wildman–Crippen MR) is 61.1 cm³/mol. The van der Waals surface area contributed by atoms with Gasteiger partial charge in [0.05, 0.1) is 0 Å². The smallest absolute Gasteiger partial charge is 0.0294 e. The van der Waals surface area contributed by atoms with Crippen molar-refractivity contribution in [2.24, 2.45) is 5.73 Å². The lowest BCUT2D eigenvalue weighted by Crippen LogP contribution is -2.30. The zero-order chi connectivity index (χ0) is 10.4. The molecule has 0 aliphatic heterocycles. The van der Waals surface area contributed by atoms with Crippen molar-refractivity contribution in [3.63, 3.8) is 0 Å². The fourth-order valence-corrected chi connectivity index (χ4v) is 1.60. The van der Waals surface area contributed by atoms with Crippen LogP contribution >= 0.6 is 0 Å². The standard InChI is InChI=1S/C12H20N2/c1-10(8-9-13)14-11(2)12-6-4-3-5-7-12/h3-7,10-11,14H,8-9,13H2,1-2H3. The monoisotopic (exact) mass is 192 g/mol. The van der Waals surface area contributed by atoms with Gasteiger partial charge in [-0.05, 0) is 32.4 Å². The van der Waals surface area contributed by atoms with E-state index in [0.717, 1.165) is 13.0 Å². The number of hydrogen-bond donors (Lipinski definition) is 2. The minimum absolute atomic E-state index is 0.401. The molecule has 3 N–H and O–H groups in total. The SMILES string of the molecule is CC(CCN)NC(C)c1ccccc1. The summed E-state index contributed by atoms with van der Waals surface area (Å²) >= 11 is 0. The Bertz CT molecular complexity index is 246. The molecule has 1 rings (SSSR count). The molecule has 2 nitrogen and oxygen atoms in total. The van der Waals surface area contributed by atoms with Crippen LogP contribution in [0.3, 0.4) is 0 Å². The Morgan fingerprint density at radius 3 is 2.43 bits per heavy atom. The molecule has 0 aliphatic rings. The molecule has 0 saturated heterocycles. The quantitative estimate of drug-likeness (QED) is 0.749. The predicted octanol–water partition coefficient (Wildman–Crippen LogP) is 2.07. The van der Waals surface area contributed by atoms with Gasteiger partial charge in [0.1, 0.15) is 0 Å². The zero-order valence-corrected chi connectivity index (χ0v) is 9.03. The highest BCUT2D eigenvalue weighted by atomic mass is 14.9. The molecular weight excluding hydrogens is 172 g/mol. The second-order valence-electron chi connectivity index (χ2n) is 3.78. The van der Waals surface area contributed by atoms with Crippen LogP contribution < -0.4 is 11.1 Å². The number of nitrogens with two attached hydrogens (primary N) is 1. The number of benzene rings is 1. The molecule has 1 aromatic rings. The van der Waals surface area contributed by atoms with Gasteiger partial charge in [-0.3, -0.25) is 0 Å². The zero-order valence-electron chi connectivity index (χ0n) is 9.03. The van der Waals surface area contributed by atoms with Crippen molar-refractivity contribution in [2.45, 2.75) is 32.4 Å². The average molecular weight is 192 g/mol. The first-order chi connectivity index (χ1) is 6.74. The van der Waals surface area contributed by atoms with Crippen molar-refractivity contribution >= 4 is 0 Å². The van der Waals surface area contributed by atoms with Crippen LogP contribution in [0, 0.1) is 0 Å². The van der Waals surface area contributed by atoms with Gasteiger partial charge in [0.15, 0.2) is 0 Å². The van der Waals surface area contributed by atoms with Gasteiger partial charge in [0.2, 0.25) is 0 Å². The van der Waals surface area contributed by atoms with E-state index in [0.29, 0.717) is 12.1 Å². The Labute approximate surface area is 86.5 Å². The molecule has 0 bridgehead atoms. The van der Waals surface area contributed by atoms with Crippen LogP contribution in [0.5, 0.6) is 0 Å². The van der Waals surface area contributed by atoms with Gasteiger partial charge in [0, 0.05) is 12.1 Å². The second kappa shape index (κ2) is 5.78. The normalized spacial score (nSPS) is 15.1. The Hall–Kier alpha value is -0.860. The summed E-state index contributed by atoms with van der Waals surface area (Å²) < 4.78 is 0. The minimum atomic E-state index is 0.401. The van der Waals surface area contributed by atoms with Crippen LogP contribution in [0.1, 0.15) is 31.9 Å². The maximum atomic E-state index is 5.50. The summed E-state index contributed by atoms with van der Waals surface area (Å²) in [5.41, 5.74) is 6.83. The van der Waals surface area contributed by atoms with Crippen LogP contribution in [0.2, 0.25) is 0 Å². The molecule has 0 fully saturated rings. The Kier molecular flexibility index (Phi) is 4.63. The van der Waals surface area contributed by atoms with Crippen LogP contribution in [-0.2, 0) is 0 Å². The lowest BCUT2D eigenvalue weighted by atomic mass is 10.1. The van der Waals surface area contributed by atoms with Gasteiger partial charge in [-0.1, -0.05) is 30.3 Å². The van der Waals surface area contributed by atoms with Crippen molar-refractivity contribution in [1.29, 1.82) is 0 Å². The molecule has 0 heterocycles. The summed E-state index contributed by atoms with van der Waals surface area (Å²) in [4.78, 5) is 0. The topological polar surface area (TPSA) is 38.0 Å². The minimum Gasteiger partial charge on any atom is -0.330 e. The number of hydrogen-bond acceptors (Lipinski definition) is 2. The van der Waals surface area contributed by atoms with E-state index in [4.69, 9.17) is 5.73 Å². The van der Waals surface area contributed by atoms with E-state index < -0.39 is 0 Å². The molecular formula is C12H20N2. The van der Waals surface area contributed by atoms with Gasteiger partial charge in [-0.2, -0.15) is 0 Å². The molecule has 0 spiro atoms. The summed E-state index contributed by atoms with van der Waals surface area (Å²) in [6, 6.07) is 11.4. The fourth-order valence-electron chi connectivity index (χ4n) is 1.60. The number of rotatable bonds is 5. The van der Waals surface area contributed by atoms with Crippen LogP contribution in [-0.4, -0.2) is 12.6 Å². The van der Waals surface area contributed by atoms with Crippen LogP contribution in [0.4, 0.5) is 0 Å². The highest BCUT2D eigenvalue weighted by Crippen LogP contribution is 2.12. The van der Waals surface area contributed by atoms with Gasteiger partial charge in [-0.25, -0.2) is 0 Å². The molecule has 78 valence electrons. The van der Waals surface area contributed by atoms with E-state index in [1.165, 1.54) is 5.56 Å². The van der Waals surface area contributed by atoms with E-state index in [-0.39, 0.29) is 0 Å². The van der Waals surface area contributed by atoms with E-state index in [9.17, 15) is 0 Å². The first-order valence-corrected chi connectivity index (χ1v) is 5.25. The van der Waals surface area contributed by atoms with Gasteiger partial charge in [0.25, 0.3) is 0 Å². The molecule has 2 heteroatoms. The van der Waals surface area contributed by atoms with E-state index in [2.05, 4.69) is 43.4 Å². The molecule has 0 amide bonds. The van der Waals surface area contributed by atoms with Gasteiger partial charge < -0.3 is 11.1 Å².